The molecule has 0 amide bonds. The molecule has 1 aliphatic carbocycles. The third-order valence-corrected chi connectivity index (χ3v) is 6.11. The lowest BCUT2D eigenvalue weighted by Gasteiger charge is -2.19. The maximum absolute atomic E-state index is 13.6. The Balaban J connectivity index is 2.20. The lowest BCUT2D eigenvalue weighted by atomic mass is 9.97. The average molecular weight is 329 g/mol. The van der Waals surface area contributed by atoms with Crippen molar-refractivity contribution in [2.75, 3.05) is 0 Å². The minimum atomic E-state index is -0.220. The van der Waals surface area contributed by atoms with Gasteiger partial charge in [0.1, 0.15) is 5.82 Å². The fourth-order valence-electron chi connectivity index (χ4n) is 3.47. The first kappa shape index (κ1) is 14.9. The third kappa shape index (κ3) is 2.34. The second kappa shape index (κ2) is 4.83. The molecule has 3 N–H and O–H groups in total. The molecule has 4 heteroatoms. The molecule has 0 aromatic heterocycles. The van der Waals surface area contributed by atoms with Crippen LogP contribution in [0.5, 0.6) is 0 Å². The smallest absolute Gasteiger partial charge is 0.137 e. The van der Waals surface area contributed by atoms with E-state index in [2.05, 4.69) is 49.1 Å². The zero-order valence-corrected chi connectivity index (χ0v) is 13.5. The highest BCUT2D eigenvalue weighted by atomic mass is 79.9. The maximum atomic E-state index is 13.6. The summed E-state index contributed by atoms with van der Waals surface area (Å²) < 4.78 is 14.1. The van der Waals surface area contributed by atoms with Gasteiger partial charge in [-0.3, -0.25) is 11.3 Å². The number of hydrazine groups is 1. The second-order valence-corrected chi connectivity index (χ2v) is 7.40. The van der Waals surface area contributed by atoms with Crippen molar-refractivity contribution in [3.05, 3.63) is 34.1 Å². The van der Waals surface area contributed by atoms with Gasteiger partial charge in [-0.05, 0) is 50.7 Å². The Bertz CT molecular complexity index is 471. The van der Waals surface area contributed by atoms with Crippen LogP contribution < -0.4 is 11.3 Å². The molecule has 1 aromatic rings. The topological polar surface area (TPSA) is 38.0 Å². The number of rotatable bonds is 4. The summed E-state index contributed by atoms with van der Waals surface area (Å²) in [6, 6.07) is 5.30. The summed E-state index contributed by atoms with van der Waals surface area (Å²) in [5.41, 5.74) is 4.39. The highest BCUT2D eigenvalue weighted by Gasteiger charge is 2.66. The van der Waals surface area contributed by atoms with Crippen LogP contribution in [0, 0.1) is 22.6 Å². The molecule has 0 aliphatic heterocycles. The van der Waals surface area contributed by atoms with Crippen LogP contribution in [0.2, 0.25) is 0 Å². The number of hydrogen-bond acceptors (Lipinski definition) is 2. The van der Waals surface area contributed by atoms with Crippen LogP contribution in [0.3, 0.4) is 0 Å². The average Bonchev–Trinajstić information content (AvgIpc) is 2.73. The first-order valence-electron chi connectivity index (χ1n) is 6.62. The van der Waals surface area contributed by atoms with E-state index in [0.717, 1.165) is 12.0 Å². The third-order valence-electron chi connectivity index (χ3n) is 5.22. The number of nitrogens with two attached hydrogens (primary N) is 1. The van der Waals surface area contributed by atoms with Gasteiger partial charge in [0.15, 0.2) is 0 Å². The molecule has 106 valence electrons. The van der Waals surface area contributed by atoms with E-state index >= 15 is 0 Å². The Morgan fingerprint density at radius 2 is 1.89 bits per heavy atom. The molecule has 0 spiro atoms. The monoisotopic (exact) mass is 328 g/mol. The summed E-state index contributed by atoms with van der Waals surface area (Å²) in [7, 11) is 0. The van der Waals surface area contributed by atoms with Crippen molar-refractivity contribution in [1.29, 1.82) is 0 Å². The first-order valence-corrected chi connectivity index (χ1v) is 7.41. The second-order valence-electron chi connectivity index (χ2n) is 6.61. The Labute approximate surface area is 123 Å². The van der Waals surface area contributed by atoms with E-state index in [1.165, 1.54) is 6.07 Å². The lowest BCUT2D eigenvalue weighted by Crippen LogP contribution is -2.40. The van der Waals surface area contributed by atoms with Crippen molar-refractivity contribution in [3.8, 4) is 0 Å². The highest BCUT2D eigenvalue weighted by Crippen LogP contribution is 2.69. The Hall–Kier alpha value is -0.450. The number of hydrogen-bond donors (Lipinski definition) is 2. The van der Waals surface area contributed by atoms with Crippen LogP contribution in [-0.2, 0) is 6.42 Å². The van der Waals surface area contributed by atoms with Crippen LogP contribution in [0.25, 0.3) is 0 Å². The van der Waals surface area contributed by atoms with Gasteiger partial charge in [0.05, 0.1) is 4.47 Å². The maximum Gasteiger partial charge on any atom is 0.137 e. The number of nitrogens with one attached hydrogen (secondary N) is 1. The van der Waals surface area contributed by atoms with Crippen LogP contribution in [0.15, 0.2) is 22.7 Å². The van der Waals surface area contributed by atoms with Crippen LogP contribution in [0.1, 0.15) is 33.3 Å². The van der Waals surface area contributed by atoms with E-state index < -0.39 is 0 Å². The molecule has 0 saturated heterocycles. The lowest BCUT2D eigenvalue weighted by molar-refractivity contribution is 0.401. The standard InChI is InChI=1S/C15H22BrFN2/c1-14(2)13(15(14,3)4)11(19-18)8-9-6-5-7-10(17)12(9)16/h5-7,11,13,19H,8,18H2,1-4H3. The Morgan fingerprint density at radius 1 is 1.32 bits per heavy atom. The summed E-state index contributed by atoms with van der Waals surface area (Å²) in [6.07, 6.45) is 0.729. The van der Waals surface area contributed by atoms with Crippen molar-refractivity contribution in [3.63, 3.8) is 0 Å². The van der Waals surface area contributed by atoms with Gasteiger partial charge in [0, 0.05) is 6.04 Å². The zero-order valence-electron chi connectivity index (χ0n) is 11.9. The van der Waals surface area contributed by atoms with Crippen molar-refractivity contribution in [2.24, 2.45) is 22.6 Å². The molecule has 2 rings (SSSR count). The van der Waals surface area contributed by atoms with Crippen LogP contribution >= 0.6 is 15.9 Å². The van der Waals surface area contributed by atoms with Crippen molar-refractivity contribution < 1.29 is 4.39 Å². The molecule has 1 aliphatic rings. The van der Waals surface area contributed by atoms with Crippen LogP contribution in [-0.4, -0.2) is 6.04 Å². The van der Waals surface area contributed by atoms with Crippen molar-refractivity contribution in [2.45, 2.75) is 40.2 Å². The van der Waals surface area contributed by atoms with E-state index in [0.29, 0.717) is 10.4 Å². The summed E-state index contributed by atoms with van der Waals surface area (Å²) in [6.45, 7) is 9.07. The minimum absolute atomic E-state index is 0.156. The molecular formula is C15H22BrFN2. The fraction of sp³-hybridized carbons (Fsp3) is 0.600. The predicted octanol–water partition coefficient (Wildman–Crippen LogP) is 3.64. The van der Waals surface area contributed by atoms with E-state index in [9.17, 15) is 4.39 Å². The minimum Gasteiger partial charge on any atom is -0.271 e. The molecule has 2 nitrogen and oxygen atoms in total. The van der Waals surface area contributed by atoms with Crippen molar-refractivity contribution in [1.82, 2.24) is 5.43 Å². The first-order chi connectivity index (χ1) is 8.73. The van der Waals surface area contributed by atoms with Gasteiger partial charge in [-0.25, -0.2) is 4.39 Å². The summed E-state index contributed by atoms with van der Waals surface area (Å²) >= 11 is 3.32. The Kier molecular flexibility index (Phi) is 3.80. The normalized spacial score (nSPS) is 22.3. The summed E-state index contributed by atoms with van der Waals surface area (Å²) in [4.78, 5) is 0. The number of benzene rings is 1. The zero-order chi connectivity index (χ0) is 14.4. The van der Waals surface area contributed by atoms with E-state index in [1.807, 2.05) is 6.07 Å². The molecule has 0 bridgehead atoms. The molecule has 1 unspecified atom stereocenters. The van der Waals surface area contributed by atoms with Gasteiger partial charge >= 0.3 is 0 Å². The fourth-order valence-corrected chi connectivity index (χ4v) is 3.90. The molecule has 19 heavy (non-hydrogen) atoms. The van der Waals surface area contributed by atoms with E-state index in [4.69, 9.17) is 5.84 Å². The predicted molar refractivity (Wildman–Crippen MR) is 80.0 cm³/mol. The largest absolute Gasteiger partial charge is 0.271 e. The van der Waals surface area contributed by atoms with Gasteiger partial charge in [-0.15, -0.1) is 0 Å². The van der Waals surface area contributed by atoms with Gasteiger partial charge in [0.25, 0.3) is 0 Å². The molecule has 1 fully saturated rings. The quantitative estimate of drug-likeness (QED) is 0.654. The van der Waals surface area contributed by atoms with Gasteiger partial charge in [0.2, 0.25) is 0 Å². The van der Waals surface area contributed by atoms with Gasteiger partial charge < -0.3 is 0 Å². The van der Waals surface area contributed by atoms with E-state index in [1.54, 1.807) is 6.07 Å². The van der Waals surface area contributed by atoms with Gasteiger partial charge in [-0.1, -0.05) is 39.8 Å². The molecule has 1 atom stereocenters. The Morgan fingerprint density at radius 3 is 2.37 bits per heavy atom. The SMILES string of the molecule is CC1(C)C(C(Cc2cccc(F)c2Br)NN)C1(C)C. The molecule has 0 heterocycles. The highest BCUT2D eigenvalue weighted by molar-refractivity contribution is 9.10. The molecular weight excluding hydrogens is 307 g/mol. The summed E-state index contributed by atoms with van der Waals surface area (Å²) in [5.74, 6) is 6.00. The van der Waals surface area contributed by atoms with Crippen LogP contribution in [0.4, 0.5) is 4.39 Å². The molecule has 0 radical (unpaired) electrons. The number of halogens is 2. The van der Waals surface area contributed by atoms with E-state index in [-0.39, 0.29) is 22.7 Å². The molecule has 1 aromatic carbocycles. The van der Waals surface area contributed by atoms with Crippen molar-refractivity contribution >= 4 is 15.9 Å². The summed E-state index contributed by atoms with van der Waals surface area (Å²) in [5, 5.41) is 0. The molecule has 1 saturated carbocycles. The van der Waals surface area contributed by atoms with Gasteiger partial charge in [-0.2, -0.15) is 0 Å².